The second-order valence-electron chi connectivity index (χ2n) is 11.5. The quantitative estimate of drug-likeness (QED) is 0.177. The van der Waals surface area contributed by atoms with Crippen LogP contribution in [-0.4, -0.2) is 48.6 Å². The SMILES string of the molecule is COc1ccc(NC(=O)c2cnn3c2C(=O)N(c2ccc(C(=O)c4ccc(C#C[Si](C)(C)C)cc4)cc2)[C@@H](C)C3)cc1C#N. The van der Waals surface area contributed by atoms with Crippen LogP contribution < -0.4 is 15.0 Å². The van der Waals surface area contributed by atoms with Gasteiger partial charge in [0.1, 0.15) is 25.6 Å². The molecule has 1 atom stereocenters. The van der Waals surface area contributed by atoms with Crippen molar-refractivity contribution in [1.82, 2.24) is 9.78 Å². The number of ketones is 1. The Morgan fingerprint density at radius 2 is 1.68 bits per heavy atom. The molecule has 0 radical (unpaired) electrons. The summed E-state index contributed by atoms with van der Waals surface area (Å²) in [5, 5.41) is 16.4. The Bertz CT molecular complexity index is 1870. The summed E-state index contributed by atoms with van der Waals surface area (Å²) in [6.07, 6.45) is 1.37. The summed E-state index contributed by atoms with van der Waals surface area (Å²) >= 11 is 0. The maximum atomic E-state index is 13.8. The van der Waals surface area contributed by atoms with Crippen LogP contribution in [0.15, 0.2) is 72.9 Å². The molecule has 0 bridgehead atoms. The molecular weight excluding hydrogens is 570 g/mol. The highest BCUT2D eigenvalue weighted by Gasteiger charge is 2.36. The van der Waals surface area contributed by atoms with E-state index in [-0.39, 0.29) is 34.6 Å². The van der Waals surface area contributed by atoms with Crippen LogP contribution in [0.1, 0.15) is 54.8 Å². The number of nitrogens with zero attached hydrogens (tertiary/aromatic N) is 4. The summed E-state index contributed by atoms with van der Waals surface area (Å²) in [4.78, 5) is 41.8. The second kappa shape index (κ2) is 12.0. The molecule has 0 saturated carbocycles. The normalized spacial score (nSPS) is 14.1. The predicted octanol–water partition coefficient (Wildman–Crippen LogP) is 5.52. The number of rotatable bonds is 6. The molecule has 3 aromatic carbocycles. The first-order chi connectivity index (χ1) is 21.0. The molecule has 0 fully saturated rings. The van der Waals surface area contributed by atoms with Gasteiger partial charge in [-0.05, 0) is 73.7 Å². The van der Waals surface area contributed by atoms with Gasteiger partial charge >= 0.3 is 0 Å². The third-order valence-corrected chi connectivity index (χ3v) is 7.97. The number of anilines is 2. The third-order valence-electron chi connectivity index (χ3n) is 7.10. The Hall–Kier alpha value is -5.45. The fourth-order valence-electron chi connectivity index (χ4n) is 4.91. The second-order valence-corrected chi connectivity index (χ2v) is 16.3. The largest absolute Gasteiger partial charge is 0.495 e. The average molecular weight is 602 g/mol. The van der Waals surface area contributed by atoms with Gasteiger partial charge in [0.05, 0.1) is 37.0 Å². The van der Waals surface area contributed by atoms with Crippen molar-refractivity contribution < 1.29 is 19.1 Å². The summed E-state index contributed by atoms with van der Waals surface area (Å²) in [7, 11) is -0.0390. The van der Waals surface area contributed by atoms with Gasteiger partial charge in [-0.15, -0.1) is 5.54 Å². The predicted molar refractivity (Wildman–Crippen MR) is 171 cm³/mol. The van der Waals surface area contributed by atoms with Crippen molar-refractivity contribution in [1.29, 1.82) is 5.26 Å². The highest BCUT2D eigenvalue weighted by Crippen LogP contribution is 2.28. The van der Waals surface area contributed by atoms with E-state index in [1.807, 2.05) is 25.1 Å². The zero-order valence-electron chi connectivity index (χ0n) is 25.1. The first-order valence-corrected chi connectivity index (χ1v) is 17.6. The molecule has 1 aromatic heterocycles. The van der Waals surface area contributed by atoms with Crippen LogP contribution in [0.5, 0.6) is 5.75 Å². The number of benzene rings is 3. The van der Waals surface area contributed by atoms with Crippen LogP contribution >= 0.6 is 0 Å². The number of hydrogen-bond acceptors (Lipinski definition) is 6. The van der Waals surface area contributed by atoms with Gasteiger partial charge in [0.2, 0.25) is 0 Å². The molecule has 10 heteroatoms. The number of carbonyl (C=O) groups excluding carboxylic acids is 3. The van der Waals surface area contributed by atoms with E-state index in [9.17, 15) is 19.6 Å². The number of carbonyl (C=O) groups is 3. The van der Waals surface area contributed by atoms with Gasteiger partial charge in [0, 0.05) is 28.1 Å². The fraction of sp³-hybridized carbons (Fsp3) is 0.206. The van der Waals surface area contributed by atoms with Gasteiger partial charge in [-0.2, -0.15) is 10.4 Å². The van der Waals surface area contributed by atoms with Gasteiger partial charge in [-0.1, -0.05) is 25.6 Å². The summed E-state index contributed by atoms with van der Waals surface area (Å²) in [6.45, 7) is 8.82. The van der Waals surface area contributed by atoms with E-state index in [4.69, 9.17) is 4.74 Å². The number of methoxy groups -OCH3 is 1. The summed E-state index contributed by atoms with van der Waals surface area (Å²) in [5.41, 5.74) is 6.78. The lowest BCUT2D eigenvalue weighted by molar-refractivity contribution is 0.0933. The maximum Gasteiger partial charge on any atom is 0.277 e. The Morgan fingerprint density at radius 3 is 2.30 bits per heavy atom. The topological polar surface area (TPSA) is 117 Å². The van der Waals surface area contributed by atoms with E-state index in [0.29, 0.717) is 34.8 Å². The van der Waals surface area contributed by atoms with E-state index < -0.39 is 14.0 Å². The number of amides is 2. The van der Waals surface area contributed by atoms with Crippen LogP contribution in [0, 0.1) is 22.8 Å². The number of fused-ring (bicyclic) bond motifs is 1. The molecule has 0 spiro atoms. The average Bonchev–Trinajstić information content (AvgIpc) is 3.44. The molecule has 1 N–H and O–H groups in total. The number of ether oxygens (including phenoxy) is 1. The minimum absolute atomic E-state index is 0.117. The summed E-state index contributed by atoms with van der Waals surface area (Å²) < 4.78 is 6.70. The van der Waals surface area contributed by atoms with Crippen molar-refractivity contribution in [3.05, 3.63) is 106 Å². The third kappa shape index (κ3) is 6.17. The number of hydrogen-bond donors (Lipinski definition) is 1. The van der Waals surface area contributed by atoms with E-state index >= 15 is 0 Å². The Balaban J connectivity index is 1.34. The monoisotopic (exact) mass is 601 g/mol. The molecular formula is C34H31N5O4Si. The molecule has 2 heterocycles. The Labute approximate surface area is 257 Å². The van der Waals surface area contributed by atoms with Gasteiger partial charge < -0.3 is 15.0 Å². The molecule has 4 aromatic rings. The van der Waals surface area contributed by atoms with Gasteiger partial charge in [0.25, 0.3) is 11.8 Å². The summed E-state index contributed by atoms with van der Waals surface area (Å²) in [5.74, 6) is 2.55. The first-order valence-electron chi connectivity index (χ1n) is 14.1. The number of aromatic nitrogens is 2. The van der Waals surface area contributed by atoms with Gasteiger partial charge in [-0.25, -0.2) is 0 Å². The van der Waals surface area contributed by atoms with Crippen LogP contribution in [0.3, 0.4) is 0 Å². The van der Waals surface area contributed by atoms with Crippen LogP contribution in [-0.2, 0) is 6.54 Å². The highest BCUT2D eigenvalue weighted by atomic mass is 28.3. The lowest BCUT2D eigenvalue weighted by Gasteiger charge is -2.34. The molecule has 2 amide bonds. The minimum Gasteiger partial charge on any atom is -0.495 e. The summed E-state index contributed by atoms with van der Waals surface area (Å²) in [6, 6.07) is 20.6. The molecule has 5 rings (SSSR count). The standard InChI is InChI=1S/C34H31N5O4Si/c1-22-21-38-31(29(20-36-38)33(41)37-27-12-15-30(43-2)26(18-27)19-35)34(42)39(22)28-13-10-25(11-14-28)32(40)24-8-6-23(7-9-24)16-17-44(3,4)5/h6-15,18,20,22H,21H2,1-5H3,(H,37,41)/t22-/m0/s1. The van der Waals surface area contributed by atoms with Crippen molar-refractivity contribution in [2.24, 2.45) is 0 Å². The molecule has 0 saturated heterocycles. The van der Waals surface area contributed by atoms with Crippen LogP contribution in [0.25, 0.3) is 0 Å². The van der Waals surface area contributed by atoms with Gasteiger partial charge in [0.15, 0.2) is 5.78 Å². The van der Waals surface area contributed by atoms with Crippen molar-refractivity contribution in [3.8, 4) is 23.3 Å². The van der Waals surface area contributed by atoms with Crippen molar-refractivity contribution in [3.63, 3.8) is 0 Å². The Kier molecular flexibility index (Phi) is 8.21. The maximum absolute atomic E-state index is 13.8. The molecule has 44 heavy (non-hydrogen) atoms. The molecule has 9 nitrogen and oxygen atoms in total. The molecule has 1 aliphatic rings. The van der Waals surface area contributed by atoms with E-state index in [2.05, 4.69) is 41.5 Å². The van der Waals surface area contributed by atoms with Gasteiger partial charge in [-0.3, -0.25) is 19.1 Å². The fourth-order valence-corrected chi connectivity index (χ4v) is 5.43. The van der Waals surface area contributed by atoms with Crippen molar-refractivity contribution in [2.75, 3.05) is 17.3 Å². The lowest BCUT2D eigenvalue weighted by Crippen LogP contribution is -2.47. The smallest absolute Gasteiger partial charge is 0.277 e. The molecule has 0 unspecified atom stereocenters. The van der Waals surface area contributed by atoms with Crippen molar-refractivity contribution in [2.45, 2.75) is 39.2 Å². The zero-order valence-corrected chi connectivity index (χ0v) is 26.1. The molecule has 0 aliphatic carbocycles. The van der Waals surface area contributed by atoms with E-state index in [1.165, 1.54) is 24.1 Å². The van der Waals surface area contributed by atoms with Crippen LogP contribution in [0.4, 0.5) is 11.4 Å². The Morgan fingerprint density at radius 1 is 1.02 bits per heavy atom. The van der Waals surface area contributed by atoms with E-state index in [0.717, 1.165) is 5.56 Å². The van der Waals surface area contributed by atoms with Crippen LogP contribution in [0.2, 0.25) is 19.6 Å². The lowest BCUT2D eigenvalue weighted by atomic mass is 10.0. The van der Waals surface area contributed by atoms with E-state index in [1.54, 1.807) is 53.4 Å². The highest BCUT2D eigenvalue weighted by molar-refractivity contribution is 6.83. The van der Waals surface area contributed by atoms with Crippen molar-refractivity contribution >= 4 is 37.0 Å². The number of nitrogens with one attached hydrogen (secondary N) is 1. The number of nitriles is 1. The molecule has 220 valence electrons. The molecule has 1 aliphatic heterocycles. The first kappa shape index (κ1) is 30.0. The zero-order chi connectivity index (χ0) is 31.6. The minimum atomic E-state index is -1.50.